The molecular weight excluding hydrogens is 701 g/mol. The Kier molecular flexibility index (Phi) is 14.9. The van der Waals surface area contributed by atoms with Crippen LogP contribution in [0.5, 0.6) is 0 Å². The summed E-state index contributed by atoms with van der Waals surface area (Å²) >= 11 is 0. The molecule has 3 aromatic rings. The number of benzene rings is 3. The molecule has 2 aliphatic carbocycles. The average molecular weight is 759 g/mol. The zero-order valence-corrected chi connectivity index (χ0v) is 34.7. The monoisotopic (exact) mass is 758 g/mol. The van der Waals surface area contributed by atoms with Gasteiger partial charge in [-0.15, -0.1) is 6.58 Å². The third kappa shape index (κ3) is 10.2. The lowest BCUT2D eigenvalue weighted by atomic mass is 9.74. The van der Waals surface area contributed by atoms with Gasteiger partial charge in [0.15, 0.2) is 5.84 Å². The van der Waals surface area contributed by atoms with Crippen LogP contribution < -0.4 is 0 Å². The molecule has 0 radical (unpaired) electrons. The molecule has 1 heterocycles. The average Bonchev–Trinajstić information content (AvgIpc) is 3.27. The molecule has 3 aliphatic rings. The van der Waals surface area contributed by atoms with Gasteiger partial charge in [0.05, 0.1) is 6.04 Å². The highest BCUT2D eigenvalue weighted by Crippen LogP contribution is 2.41. The van der Waals surface area contributed by atoms with Crippen molar-refractivity contribution in [2.75, 3.05) is 0 Å². The van der Waals surface area contributed by atoms with E-state index in [1.54, 1.807) is 0 Å². The van der Waals surface area contributed by atoms with Crippen molar-refractivity contribution in [2.24, 2.45) is 21.8 Å². The summed E-state index contributed by atoms with van der Waals surface area (Å²) in [5.74, 6) is 1.26. The Balaban J connectivity index is 1.44. The molecule has 292 valence electrons. The largest absolute Gasteiger partial charge is 0.258 e. The quantitative estimate of drug-likeness (QED) is 0.103. The summed E-state index contributed by atoms with van der Waals surface area (Å²) in [4.78, 5) is 10.5. The Labute approximate surface area is 348 Å². The third-order valence-corrected chi connectivity index (χ3v) is 11.3. The topological polar surface area (TPSA) is 24.7 Å². The van der Waals surface area contributed by atoms with Gasteiger partial charge in [0.25, 0.3) is 0 Å². The standard InChI is InChI=1S/C56H58N2/c1-7-12-26-47(41(6)50(25-9-3)53-36-22-21-34-51(53)45-27-15-13-16-28-45)37-42-38-48-31-19-20-35-52(48)54(39-42)55-40-49(57-56(58-55)46-29-17-14-18-30-46)33-23-32-44(11-5)43(10-4)24-8-2/h7-15,17-20,22-24,26-27,29-33,35-39,41,50,55H,1,3,5,16,21,25,28,34,40H2,2,4,6H3/b24-8-,26-12-,33-23+,43-10+,44-32+,47-37-/t41?,50-,55-/m1/s1. The van der Waals surface area contributed by atoms with Crippen LogP contribution in [-0.2, 0) is 0 Å². The van der Waals surface area contributed by atoms with Gasteiger partial charge >= 0.3 is 0 Å². The number of nitrogens with zero attached hydrogens (tertiary/aromatic N) is 2. The molecule has 0 saturated carbocycles. The zero-order valence-electron chi connectivity index (χ0n) is 34.7. The molecule has 1 aliphatic heterocycles. The van der Waals surface area contributed by atoms with Crippen LogP contribution in [0, 0.1) is 11.8 Å². The molecule has 3 aromatic carbocycles. The van der Waals surface area contributed by atoms with Gasteiger partial charge in [-0.05, 0) is 131 Å². The minimum atomic E-state index is -0.126. The van der Waals surface area contributed by atoms with Gasteiger partial charge in [-0.25, -0.2) is 4.99 Å². The molecule has 6 rings (SSSR count). The zero-order chi connectivity index (χ0) is 40.7. The van der Waals surface area contributed by atoms with Gasteiger partial charge in [0, 0.05) is 17.7 Å². The fourth-order valence-electron chi connectivity index (χ4n) is 8.37. The maximum Gasteiger partial charge on any atom is 0.155 e. The van der Waals surface area contributed by atoms with E-state index in [1.165, 1.54) is 38.6 Å². The van der Waals surface area contributed by atoms with Gasteiger partial charge in [-0.3, -0.25) is 4.99 Å². The summed E-state index contributed by atoms with van der Waals surface area (Å²) in [7, 11) is 0. The molecule has 2 nitrogen and oxygen atoms in total. The Morgan fingerprint density at radius 3 is 2.45 bits per heavy atom. The minimum absolute atomic E-state index is 0.126. The fraction of sp³-hybridized carbons (Fsp3) is 0.214. The van der Waals surface area contributed by atoms with Crippen molar-refractivity contribution in [3.63, 3.8) is 0 Å². The van der Waals surface area contributed by atoms with Crippen molar-refractivity contribution in [3.05, 3.63) is 234 Å². The molecule has 0 N–H and O–H groups in total. The summed E-state index contributed by atoms with van der Waals surface area (Å²) in [5, 5.41) is 2.41. The van der Waals surface area contributed by atoms with Crippen LogP contribution in [-0.4, -0.2) is 11.5 Å². The summed E-state index contributed by atoms with van der Waals surface area (Å²) < 4.78 is 0. The highest BCUT2D eigenvalue weighted by molar-refractivity contribution is 6.12. The van der Waals surface area contributed by atoms with Crippen molar-refractivity contribution >= 4 is 28.4 Å². The molecule has 1 unspecified atom stereocenters. The lowest BCUT2D eigenvalue weighted by Gasteiger charge is -2.31. The predicted octanol–water partition coefficient (Wildman–Crippen LogP) is 15.2. The molecule has 3 atom stereocenters. The predicted molar refractivity (Wildman–Crippen MR) is 254 cm³/mol. The van der Waals surface area contributed by atoms with E-state index in [4.69, 9.17) is 9.98 Å². The third-order valence-electron chi connectivity index (χ3n) is 11.3. The van der Waals surface area contributed by atoms with E-state index in [2.05, 4.69) is 185 Å². The van der Waals surface area contributed by atoms with Crippen molar-refractivity contribution in [3.8, 4) is 0 Å². The molecule has 0 spiro atoms. The van der Waals surface area contributed by atoms with Crippen LogP contribution in [0.15, 0.2) is 227 Å². The first-order chi connectivity index (χ1) is 28.5. The van der Waals surface area contributed by atoms with E-state index in [1.807, 2.05) is 25.1 Å². The fourth-order valence-corrected chi connectivity index (χ4v) is 8.37. The van der Waals surface area contributed by atoms with Crippen LogP contribution in [0.25, 0.3) is 16.8 Å². The van der Waals surface area contributed by atoms with Crippen molar-refractivity contribution in [1.29, 1.82) is 0 Å². The number of hydrogen-bond acceptors (Lipinski definition) is 2. The summed E-state index contributed by atoms with van der Waals surface area (Å²) in [6.07, 6.45) is 42.8. The van der Waals surface area contributed by atoms with Crippen molar-refractivity contribution in [1.82, 2.24) is 0 Å². The maximum atomic E-state index is 5.38. The summed E-state index contributed by atoms with van der Waals surface area (Å²) in [5.41, 5.74) is 12.3. The minimum Gasteiger partial charge on any atom is -0.258 e. The van der Waals surface area contributed by atoms with E-state index in [0.29, 0.717) is 6.42 Å². The van der Waals surface area contributed by atoms with E-state index < -0.39 is 0 Å². The van der Waals surface area contributed by atoms with E-state index >= 15 is 0 Å². The van der Waals surface area contributed by atoms with Crippen molar-refractivity contribution in [2.45, 2.75) is 65.3 Å². The number of allylic oxidation sites excluding steroid dienone is 22. The Morgan fingerprint density at radius 1 is 0.897 bits per heavy atom. The smallest absolute Gasteiger partial charge is 0.155 e. The number of aliphatic imine (C=N–C) groups is 2. The van der Waals surface area contributed by atoms with Crippen LogP contribution in [0.1, 0.15) is 82.0 Å². The first-order valence-electron chi connectivity index (χ1n) is 20.9. The molecule has 0 amide bonds. The van der Waals surface area contributed by atoms with Gasteiger partial charge in [-0.2, -0.15) is 0 Å². The summed E-state index contributed by atoms with van der Waals surface area (Å²) in [6.45, 7) is 18.8. The number of rotatable bonds is 16. The van der Waals surface area contributed by atoms with Crippen LogP contribution in [0.4, 0.5) is 0 Å². The van der Waals surface area contributed by atoms with Crippen LogP contribution in [0.2, 0.25) is 0 Å². The lowest BCUT2D eigenvalue weighted by molar-refractivity contribution is 0.480. The van der Waals surface area contributed by atoms with Gasteiger partial charge in [-0.1, -0.05) is 172 Å². The number of hydrogen-bond donors (Lipinski definition) is 0. The van der Waals surface area contributed by atoms with Crippen molar-refractivity contribution < 1.29 is 0 Å². The maximum absolute atomic E-state index is 5.38. The Hall–Kier alpha value is -6.12. The second-order valence-electron chi connectivity index (χ2n) is 15.1. The van der Waals surface area contributed by atoms with Gasteiger partial charge in [0.2, 0.25) is 0 Å². The Bertz CT molecular complexity index is 2370. The van der Waals surface area contributed by atoms with Gasteiger partial charge < -0.3 is 0 Å². The van der Waals surface area contributed by atoms with Crippen LogP contribution >= 0.6 is 0 Å². The molecular formula is C56H58N2. The molecule has 0 bridgehead atoms. The molecule has 0 saturated heterocycles. The van der Waals surface area contributed by atoms with E-state index in [-0.39, 0.29) is 17.9 Å². The van der Waals surface area contributed by atoms with Gasteiger partial charge in [0.1, 0.15) is 0 Å². The SMILES string of the molecule is C=C/C=C\C(=C\c1cc([C@H]2CC(/C=C/C=C(C=C)/C(/C=C\C)=C/C)=NC(c3ccccc3)=N2)c2ccccc2c1)C(C)[C@@H](CC=C)C1=C(C2=CC=CCC2)CCC=C1. The Morgan fingerprint density at radius 2 is 1.71 bits per heavy atom. The number of amidine groups is 1. The number of fused-ring (bicyclic) bond motifs is 1. The highest BCUT2D eigenvalue weighted by atomic mass is 15.0. The molecule has 0 fully saturated rings. The summed E-state index contributed by atoms with van der Waals surface area (Å²) in [6, 6.07) is 23.6. The second-order valence-corrected chi connectivity index (χ2v) is 15.1. The first kappa shape index (κ1) is 41.5. The molecule has 0 aromatic heterocycles. The molecule has 2 heteroatoms. The van der Waals surface area contributed by atoms with E-state index in [0.717, 1.165) is 65.9 Å². The second kappa shape index (κ2) is 20.9. The lowest BCUT2D eigenvalue weighted by Crippen LogP contribution is -2.18. The molecule has 58 heavy (non-hydrogen) atoms. The first-order valence-corrected chi connectivity index (χ1v) is 20.9. The van der Waals surface area contributed by atoms with E-state index in [9.17, 15) is 0 Å². The van der Waals surface area contributed by atoms with Crippen LogP contribution in [0.3, 0.4) is 0 Å². The normalized spacial score (nSPS) is 19.1. The highest BCUT2D eigenvalue weighted by Gasteiger charge is 2.27.